The van der Waals surface area contributed by atoms with E-state index in [0.29, 0.717) is 5.82 Å². The van der Waals surface area contributed by atoms with Crippen LogP contribution >= 0.6 is 11.3 Å². The van der Waals surface area contributed by atoms with Gasteiger partial charge in [-0.05, 0) is 138 Å². The van der Waals surface area contributed by atoms with Crippen LogP contribution in [0.3, 0.4) is 0 Å². The molecule has 3 aliphatic carbocycles. The van der Waals surface area contributed by atoms with E-state index in [9.17, 15) is 0 Å². The summed E-state index contributed by atoms with van der Waals surface area (Å²) in [5.41, 5.74) is 37.9. The first-order valence-electron chi connectivity index (χ1n) is 50.5. The lowest BCUT2D eigenvalue weighted by molar-refractivity contribution is 0.657. The second-order valence-electron chi connectivity index (χ2n) is 40.5. The Morgan fingerprint density at radius 1 is 0.197 bits per heavy atom. The average Bonchev–Trinajstić information content (AvgIpc) is 1.56. The number of aromatic nitrogens is 10. The Hall–Kier alpha value is -18.4. The zero-order valence-corrected chi connectivity index (χ0v) is 82.3. The van der Waals surface area contributed by atoms with Crippen LogP contribution in [0.5, 0.6) is 0 Å². The molecule has 0 atom stereocenters. The molecule has 31 rings (SSSR count). The number of hydrogen-bond donors (Lipinski definition) is 0. The molecule has 694 valence electrons. The predicted molar refractivity (Wildman–Crippen MR) is 609 cm³/mol. The summed E-state index contributed by atoms with van der Waals surface area (Å²) in [6.07, 6.45) is 0. The molecule has 9 heterocycles. The number of furan rings is 1. The molecule has 0 aliphatic heterocycles. The normalized spacial score (nSPS) is 13.4. The van der Waals surface area contributed by atoms with Gasteiger partial charge in [-0.25, -0.2) is 29.9 Å². The molecule has 9 aromatic heterocycles. The highest BCUT2D eigenvalue weighted by Gasteiger charge is 2.44. The fourth-order valence-corrected chi connectivity index (χ4v) is 26.0. The van der Waals surface area contributed by atoms with Crippen molar-refractivity contribution < 1.29 is 4.42 Å². The highest BCUT2D eigenvalue weighted by Crippen LogP contribution is 2.58. The lowest BCUT2D eigenvalue weighted by atomic mass is 9.81. The molecule has 19 aromatic carbocycles. The summed E-state index contributed by atoms with van der Waals surface area (Å²) in [7, 11) is 0. The van der Waals surface area contributed by atoms with Crippen LogP contribution in [0.2, 0.25) is 0 Å². The van der Waals surface area contributed by atoms with Gasteiger partial charge in [0.05, 0.1) is 95.4 Å². The van der Waals surface area contributed by atoms with Crippen LogP contribution in [-0.4, -0.2) is 48.2 Å². The van der Waals surface area contributed by atoms with Gasteiger partial charge in [-0.3, -0.25) is 0 Å². The molecule has 0 fully saturated rings. The monoisotopic (exact) mass is 1900 g/mol. The van der Waals surface area contributed by atoms with E-state index < -0.39 is 0 Å². The van der Waals surface area contributed by atoms with E-state index in [1.807, 2.05) is 23.5 Å². The van der Waals surface area contributed by atoms with Crippen molar-refractivity contribution in [3.8, 4) is 124 Å². The smallest absolute Gasteiger partial charge is 0.162 e. The molecular weight excluding hydrogens is 1810 g/mol. The van der Waals surface area contributed by atoms with Crippen molar-refractivity contribution in [1.82, 2.24) is 48.2 Å². The van der Waals surface area contributed by atoms with E-state index in [2.05, 4.69) is 497 Å². The summed E-state index contributed by atoms with van der Waals surface area (Å²) in [6, 6.07) is 160. The zero-order valence-electron chi connectivity index (χ0n) is 81.5. The van der Waals surface area contributed by atoms with Gasteiger partial charge < -0.3 is 22.7 Å². The summed E-state index contributed by atoms with van der Waals surface area (Å²) < 4.78 is 18.6. The molecule has 0 saturated heterocycles. The first kappa shape index (κ1) is 85.4. The molecule has 0 spiro atoms. The molecule has 0 radical (unpaired) electrons. The second kappa shape index (κ2) is 32.8. The first-order chi connectivity index (χ1) is 72.3. The number of fused-ring (bicyclic) bond motifs is 30. The topological polar surface area (TPSA) is 110 Å². The van der Waals surface area contributed by atoms with E-state index in [1.165, 1.54) is 135 Å². The quantitative estimate of drug-likeness (QED) is 0.134. The molecule has 147 heavy (non-hydrogen) atoms. The van der Waals surface area contributed by atoms with Gasteiger partial charge in [-0.15, -0.1) is 11.3 Å². The van der Waals surface area contributed by atoms with Gasteiger partial charge in [0.15, 0.2) is 17.5 Å². The van der Waals surface area contributed by atoms with Crippen LogP contribution < -0.4 is 0 Å². The average molecular weight is 1900 g/mol. The van der Waals surface area contributed by atoms with Crippen molar-refractivity contribution in [2.24, 2.45) is 0 Å². The summed E-state index contributed by atoms with van der Waals surface area (Å²) >= 11 is 1.87. The molecule has 0 amide bonds. The first-order valence-corrected chi connectivity index (χ1v) is 51.3. The van der Waals surface area contributed by atoms with Gasteiger partial charge >= 0.3 is 0 Å². The Bertz CT molecular complexity index is 9990. The molecule has 3 aliphatic rings. The van der Waals surface area contributed by atoms with E-state index in [-0.39, 0.29) is 16.2 Å². The van der Waals surface area contributed by atoms with Gasteiger partial charge in [0.25, 0.3) is 0 Å². The fraction of sp³-hybridized carbons (Fsp3) is 0.0667. The Kier molecular flexibility index (Phi) is 19.1. The van der Waals surface area contributed by atoms with Gasteiger partial charge in [-0.2, -0.15) is 0 Å². The molecule has 11 nitrogen and oxygen atoms in total. The minimum atomic E-state index is -0.244. The van der Waals surface area contributed by atoms with Crippen LogP contribution in [0.1, 0.15) is 74.9 Å². The highest BCUT2D eigenvalue weighted by molar-refractivity contribution is 7.26. The Balaban J connectivity index is 0.000000104. The summed E-state index contributed by atoms with van der Waals surface area (Å²) in [6.45, 7) is 13.8. The van der Waals surface area contributed by atoms with Crippen molar-refractivity contribution in [3.05, 3.63) is 482 Å². The SMILES string of the molecule is CC1(C)c2ccccc2-c2nc(-c3ccccc3-n3c4ccccc4c4c5c(ccc43)oc3ccccc35)nc(-c3ccccc3)c21.CC1(C)c2ccccc2-c2nc(-c3ccccc3-n3c4ccccc4c4c5c(ccc43)sc3ccccc35)nc(-c3ccccc3)c21.CC1(C)c2ccccc2-c2nc(-c3ccccc3-n3c4ccccc4c4c5c6ccccc6n(-c6ccccc6)c5ccc43)nc(-c3ccccc3)c21. The minimum Gasteiger partial charge on any atom is -0.456 e. The van der Waals surface area contributed by atoms with E-state index in [1.54, 1.807) is 0 Å². The standard InChI is InChI=1S/C49H34N4.C43H29N3O.C43H29N3S/c1-49(2)37-25-13-9-21-33(37)47-45(49)46(31-17-5-3-6-18-31)50-48(51-47)36-24-12-16-28-40(36)53-39-27-15-11-23-35(39)44-42(53)30-29-41-43(44)34-22-10-14-26-38(34)52(41)32-19-7-4-8-20-32;2*1-43(2)31-20-10-6-16-27(31)41-39(43)40(26-14-4-3-5-15-26)44-42(45-41)29-18-8-12-22-33(29)46-32-21-11-7-17-28(32)37-34(46)24-25-36-38(37)30-19-9-13-23-35(30)47-36/h3-30H,1-2H3;2*3-25H,1-2H3. The van der Waals surface area contributed by atoms with Gasteiger partial charge in [-0.1, -0.05) is 369 Å². The van der Waals surface area contributed by atoms with Crippen LogP contribution in [0.15, 0.2) is 453 Å². The van der Waals surface area contributed by atoms with Crippen molar-refractivity contribution >= 4 is 141 Å². The van der Waals surface area contributed by atoms with Crippen LogP contribution in [-0.2, 0) is 16.2 Å². The Morgan fingerprint density at radius 2 is 0.483 bits per heavy atom. The van der Waals surface area contributed by atoms with Crippen LogP contribution in [0.4, 0.5) is 0 Å². The Labute approximate surface area is 851 Å². The van der Waals surface area contributed by atoms with Gasteiger partial charge in [0, 0.05) is 163 Å². The lowest BCUT2D eigenvalue weighted by Crippen LogP contribution is -2.17. The molecule has 0 bridgehead atoms. The van der Waals surface area contributed by atoms with E-state index in [4.69, 9.17) is 34.3 Å². The number of rotatable bonds is 10. The van der Waals surface area contributed by atoms with Crippen LogP contribution in [0, 0.1) is 0 Å². The molecule has 0 unspecified atom stereocenters. The number of benzene rings is 19. The molecule has 0 saturated carbocycles. The van der Waals surface area contributed by atoms with Crippen molar-refractivity contribution in [1.29, 1.82) is 0 Å². The van der Waals surface area contributed by atoms with Gasteiger partial charge in [0.1, 0.15) is 11.2 Å². The largest absolute Gasteiger partial charge is 0.456 e. The maximum atomic E-state index is 6.33. The second-order valence-corrected chi connectivity index (χ2v) is 41.6. The number of hydrogen-bond acceptors (Lipinski definition) is 8. The third-order valence-electron chi connectivity index (χ3n) is 31.3. The van der Waals surface area contributed by atoms with Crippen molar-refractivity contribution in [3.63, 3.8) is 0 Å². The molecular formula is C135H92N10OS. The minimum absolute atomic E-state index is 0.226. The summed E-state index contributed by atoms with van der Waals surface area (Å²) in [4.78, 5) is 32.7. The molecule has 12 heteroatoms. The third kappa shape index (κ3) is 12.8. The summed E-state index contributed by atoms with van der Waals surface area (Å²) in [5.74, 6) is 2.17. The van der Waals surface area contributed by atoms with E-state index in [0.717, 1.165) is 146 Å². The number of thiophene rings is 1. The van der Waals surface area contributed by atoms with Gasteiger partial charge in [0.2, 0.25) is 0 Å². The number of para-hydroxylation sites is 9. The third-order valence-corrected chi connectivity index (χ3v) is 32.4. The number of nitrogens with zero attached hydrogens (tertiary/aromatic N) is 10. The molecule has 0 N–H and O–H groups in total. The summed E-state index contributed by atoms with van der Waals surface area (Å²) in [5, 5.41) is 14.8. The zero-order chi connectivity index (χ0) is 97.8. The fourth-order valence-electron chi connectivity index (χ4n) is 24.9. The van der Waals surface area contributed by atoms with Crippen molar-refractivity contribution in [2.75, 3.05) is 0 Å². The van der Waals surface area contributed by atoms with Crippen molar-refractivity contribution in [2.45, 2.75) is 57.8 Å². The maximum absolute atomic E-state index is 6.33. The lowest BCUT2D eigenvalue weighted by Gasteiger charge is -2.24. The maximum Gasteiger partial charge on any atom is 0.162 e. The molecule has 28 aromatic rings. The van der Waals surface area contributed by atoms with Crippen LogP contribution in [0.25, 0.3) is 254 Å². The Morgan fingerprint density at radius 3 is 0.891 bits per heavy atom. The highest BCUT2D eigenvalue weighted by atomic mass is 32.1. The van der Waals surface area contributed by atoms with E-state index >= 15 is 0 Å². The predicted octanol–water partition coefficient (Wildman–Crippen LogP) is 35.0.